The fraction of sp³-hybridized carbons (Fsp3) is 0.217. The Morgan fingerprint density at radius 2 is 1.86 bits per heavy atom. The maximum atomic E-state index is 12.9. The maximum absolute atomic E-state index is 12.9. The Balaban J connectivity index is 1.44. The van der Waals surface area contributed by atoms with Crippen molar-refractivity contribution in [1.82, 2.24) is 9.97 Å². The predicted molar refractivity (Wildman–Crippen MR) is 124 cm³/mol. The number of nitrogens with two attached hydrogens (primary N) is 2. The van der Waals surface area contributed by atoms with Crippen molar-refractivity contribution in [2.24, 2.45) is 0 Å². The third kappa shape index (κ3) is 5.91. The Kier molecular flexibility index (Phi) is 6.94. The average Bonchev–Trinajstić information content (AvgIpc) is 3.32. The van der Waals surface area contributed by atoms with Gasteiger partial charge in [0, 0.05) is 23.4 Å². The fourth-order valence-corrected chi connectivity index (χ4v) is 3.63. The van der Waals surface area contributed by atoms with Crippen molar-refractivity contribution < 1.29 is 28.0 Å². The first-order valence-electron chi connectivity index (χ1n) is 10.7. The number of hydrogen-bond donors (Lipinski definition) is 5. The van der Waals surface area contributed by atoms with Crippen molar-refractivity contribution in [2.45, 2.75) is 18.6 Å². The molecule has 182 valence electrons. The molecule has 1 aliphatic heterocycles. The Morgan fingerprint density at radius 3 is 2.54 bits per heavy atom. The second kappa shape index (κ2) is 10.1. The van der Waals surface area contributed by atoms with Gasteiger partial charge in [0.25, 0.3) is 0 Å². The number of quaternary nitrogens is 1. The summed E-state index contributed by atoms with van der Waals surface area (Å²) >= 11 is 0. The first-order chi connectivity index (χ1) is 16.7. The number of amides is 2. The van der Waals surface area contributed by atoms with Crippen LogP contribution in [0.1, 0.15) is 23.1 Å². The van der Waals surface area contributed by atoms with Gasteiger partial charge in [0.05, 0.1) is 24.5 Å². The van der Waals surface area contributed by atoms with E-state index in [1.165, 1.54) is 18.5 Å². The molecule has 9 nitrogen and oxygen atoms in total. The molecule has 1 saturated heterocycles. The zero-order chi connectivity index (χ0) is 25.0. The highest BCUT2D eigenvalue weighted by molar-refractivity contribution is 6.15. The molecule has 4 rings (SSSR count). The third-order valence-corrected chi connectivity index (χ3v) is 5.39. The van der Waals surface area contributed by atoms with Crippen LogP contribution in [0.5, 0.6) is 0 Å². The van der Waals surface area contributed by atoms with Gasteiger partial charge >= 0.3 is 12.2 Å². The van der Waals surface area contributed by atoms with E-state index in [9.17, 15) is 18.0 Å². The number of nitrogens with zero attached hydrogens (tertiary/aromatic N) is 2. The Bertz CT molecular complexity index is 1230. The highest BCUT2D eigenvalue weighted by Crippen LogP contribution is 2.30. The number of nitrogens with one attached hydrogen (secondary N) is 3. The molecule has 1 atom stereocenters. The lowest BCUT2D eigenvalue weighted by molar-refractivity contribution is -0.611. The molecule has 1 fully saturated rings. The van der Waals surface area contributed by atoms with E-state index in [1.54, 1.807) is 24.3 Å². The van der Waals surface area contributed by atoms with Crippen molar-refractivity contribution in [2.75, 3.05) is 29.6 Å². The number of rotatable bonds is 6. The van der Waals surface area contributed by atoms with E-state index in [0.717, 1.165) is 18.6 Å². The number of urea groups is 1. The lowest BCUT2D eigenvalue weighted by Gasteiger charge is -2.13. The number of nitrogen functional groups attached to an aromatic ring is 1. The van der Waals surface area contributed by atoms with Crippen molar-refractivity contribution >= 4 is 34.8 Å². The van der Waals surface area contributed by atoms with Crippen molar-refractivity contribution in [3.63, 3.8) is 0 Å². The Morgan fingerprint density at radius 1 is 1.11 bits per heavy atom. The topological polar surface area (TPSA) is 143 Å². The molecule has 2 heterocycles. The number of ether oxygens (including phenoxy) is 1. The lowest BCUT2D eigenvalue weighted by Crippen LogP contribution is -2.85. The minimum atomic E-state index is -4.51. The molecule has 12 heteroatoms. The molecular formula is C23H23F3N7O2+. The quantitative estimate of drug-likeness (QED) is 0.340. The summed E-state index contributed by atoms with van der Waals surface area (Å²) < 4.78 is 44.0. The molecule has 0 radical (unpaired) electrons. The first-order valence-corrected chi connectivity index (χ1v) is 10.7. The van der Waals surface area contributed by atoms with Crippen LogP contribution in [0.4, 0.5) is 41.0 Å². The number of halogens is 3. The summed E-state index contributed by atoms with van der Waals surface area (Å²) in [6.07, 6.45) is -2.30. The summed E-state index contributed by atoms with van der Waals surface area (Å²) in [5.41, 5.74) is 6.64. The average molecular weight is 486 g/mol. The van der Waals surface area contributed by atoms with Gasteiger partial charge < -0.3 is 21.1 Å². The summed E-state index contributed by atoms with van der Waals surface area (Å²) in [6, 6.07) is 10.2. The molecule has 2 aromatic carbocycles. The monoisotopic (exact) mass is 486 g/mol. The van der Waals surface area contributed by atoms with Gasteiger partial charge in [0.15, 0.2) is 0 Å². The zero-order valence-corrected chi connectivity index (χ0v) is 18.4. The minimum Gasteiger partial charge on any atom is -0.383 e. The number of alkyl halides is 3. The summed E-state index contributed by atoms with van der Waals surface area (Å²) in [5.74, 6) is 0.735. The molecule has 35 heavy (non-hydrogen) atoms. The van der Waals surface area contributed by atoms with Crippen LogP contribution in [-0.2, 0) is 10.9 Å². The van der Waals surface area contributed by atoms with Gasteiger partial charge in [-0.3, -0.25) is 10.7 Å². The number of anilines is 3. The van der Waals surface area contributed by atoms with E-state index < -0.39 is 17.8 Å². The second-order valence-corrected chi connectivity index (χ2v) is 7.92. The van der Waals surface area contributed by atoms with Gasteiger partial charge in [-0.15, -0.1) is 0 Å². The number of benzene rings is 2. The second-order valence-electron chi connectivity index (χ2n) is 7.92. The lowest BCUT2D eigenvalue weighted by atomic mass is 10.0. The van der Waals surface area contributed by atoms with Crippen LogP contribution in [0.25, 0.3) is 0 Å². The summed E-state index contributed by atoms with van der Waals surface area (Å²) in [4.78, 5) is 20.6. The smallest absolute Gasteiger partial charge is 0.383 e. The highest BCUT2D eigenvalue weighted by atomic mass is 19.4. The Labute approximate surface area is 198 Å². The van der Waals surface area contributed by atoms with Crippen molar-refractivity contribution in [3.05, 3.63) is 71.5 Å². The van der Waals surface area contributed by atoms with E-state index in [-0.39, 0.29) is 23.3 Å². The number of carbonyl (C=O) groups is 1. The summed E-state index contributed by atoms with van der Waals surface area (Å²) in [6.45, 7) is 1.25. The molecule has 7 N–H and O–H groups in total. The molecule has 1 unspecified atom stereocenters. The molecule has 0 spiro atoms. The van der Waals surface area contributed by atoms with E-state index in [1.807, 2.05) is 5.32 Å². The molecule has 1 aromatic heterocycles. The van der Waals surface area contributed by atoms with E-state index in [0.29, 0.717) is 35.8 Å². The molecule has 0 bridgehead atoms. The molecule has 1 aliphatic rings. The number of aromatic nitrogens is 2. The standard InChI is InChI=1S/C23H22F3N7O2/c24-23(25,26)14-2-1-3-16(10-14)33-22(34)32-15-6-4-13(5-7-15)19(27)18-20(28)29-12-30-21(18)31-17-8-9-35-11-17/h1-7,10,12,17,27H,8-9,11H2,(H2,32,33,34)(H3,28,29,30,31)/p+1. The molecule has 2 amide bonds. The van der Waals surface area contributed by atoms with Crippen molar-refractivity contribution in [1.29, 1.82) is 5.41 Å². The highest BCUT2D eigenvalue weighted by Gasteiger charge is 2.30. The van der Waals surface area contributed by atoms with Crippen molar-refractivity contribution in [3.8, 4) is 0 Å². The molecule has 0 saturated carbocycles. The first kappa shape index (κ1) is 24.1. The maximum Gasteiger partial charge on any atom is 0.416 e. The van der Waals surface area contributed by atoms with Crippen LogP contribution < -0.4 is 21.7 Å². The SMILES string of the molecule is N=C(c1ccc(NC(=O)Nc2cccc(C(F)(F)F)c2)cc1)c1c(N)ncnc1[NH2+]C1CCOC1. The Hall–Kier alpha value is -4.03. The molecular weight excluding hydrogens is 463 g/mol. The summed E-state index contributed by atoms with van der Waals surface area (Å²) in [7, 11) is 0. The van der Waals surface area contributed by atoms with Gasteiger partial charge in [0.2, 0.25) is 5.82 Å². The van der Waals surface area contributed by atoms with Crippen LogP contribution in [-0.4, -0.2) is 41.0 Å². The van der Waals surface area contributed by atoms with Gasteiger partial charge in [-0.1, -0.05) is 18.2 Å². The van der Waals surface area contributed by atoms with Gasteiger partial charge in [-0.05, 0) is 30.3 Å². The van der Waals surface area contributed by atoms with Gasteiger partial charge in [0.1, 0.15) is 23.8 Å². The molecule has 3 aromatic rings. The minimum absolute atomic E-state index is 0.00622. The third-order valence-electron chi connectivity index (χ3n) is 5.39. The van der Waals surface area contributed by atoms with Crippen LogP contribution in [0.2, 0.25) is 0 Å². The van der Waals surface area contributed by atoms with Gasteiger partial charge in [-0.25, -0.2) is 9.78 Å². The predicted octanol–water partition coefficient (Wildman–Crippen LogP) is 3.12. The normalized spacial score (nSPS) is 15.6. The van der Waals surface area contributed by atoms with Crippen LogP contribution >= 0.6 is 0 Å². The van der Waals surface area contributed by atoms with E-state index >= 15 is 0 Å². The van der Waals surface area contributed by atoms with Crippen LogP contribution in [0.3, 0.4) is 0 Å². The molecule has 0 aliphatic carbocycles. The van der Waals surface area contributed by atoms with E-state index in [2.05, 4.69) is 20.6 Å². The van der Waals surface area contributed by atoms with Gasteiger partial charge in [-0.2, -0.15) is 18.2 Å². The largest absolute Gasteiger partial charge is 0.416 e. The fourth-order valence-electron chi connectivity index (χ4n) is 3.63. The number of carbonyl (C=O) groups excluding carboxylic acids is 1. The van der Waals surface area contributed by atoms with E-state index in [4.69, 9.17) is 15.9 Å². The summed E-state index contributed by atoms with van der Waals surface area (Å²) in [5, 5.41) is 15.5. The van der Waals surface area contributed by atoms with Crippen LogP contribution in [0.15, 0.2) is 54.9 Å². The van der Waals surface area contributed by atoms with Crippen LogP contribution in [0, 0.1) is 5.41 Å². The zero-order valence-electron chi connectivity index (χ0n) is 18.4. The number of hydrogen-bond acceptors (Lipinski definition) is 6.